The Morgan fingerprint density at radius 2 is 1.84 bits per heavy atom. The second-order valence-corrected chi connectivity index (χ2v) is 9.43. The molecule has 2 heterocycles. The monoisotopic (exact) mass is 520 g/mol. The Bertz CT molecular complexity index is 1270. The fourth-order valence-electron chi connectivity index (χ4n) is 3.87. The molecule has 0 unspecified atom stereocenters. The van der Waals surface area contributed by atoms with Crippen LogP contribution >= 0.6 is 11.5 Å². The number of nitrogens with zero attached hydrogens (tertiary/aromatic N) is 3. The molecule has 0 fully saturated rings. The van der Waals surface area contributed by atoms with Crippen LogP contribution in [0.15, 0.2) is 65.3 Å². The van der Waals surface area contributed by atoms with Gasteiger partial charge in [-0.15, -0.1) is 0 Å². The van der Waals surface area contributed by atoms with Gasteiger partial charge in [0.05, 0.1) is 27.0 Å². The number of carbonyl (C=O) groups is 1. The summed E-state index contributed by atoms with van der Waals surface area (Å²) in [6.45, 7) is 3.63. The molecule has 8 nitrogen and oxygen atoms in total. The summed E-state index contributed by atoms with van der Waals surface area (Å²) in [5, 5.41) is 3.79. The Morgan fingerprint density at radius 3 is 2.57 bits per heavy atom. The minimum Gasteiger partial charge on any atom is -0.493 e. The zero-order valence-electron chi connectivity index (χ0n) is 21.4. The lowest BCUT2D eigenvalue weighted by atomic mass is 10.1. The van der Waals surface area contributed by atoms with Gasteiger partial charge in [-0.05, 0) is 48.7 Å². The van der Waals surface area contributed by atoms with E-state index in [0.717, 1.165) is 22.3 Å². The Morgan fingerprint density at radius 1 is 1.05 bits per heavy atom. The second kappa shape index (κ2) is 12.9. The van der Waals surface area contributed by atoms with Gasteiger partial charge in [-0.3, -0.25) is 4.79 Å². The number of amides is 1. The van der Waals surface area contributed by atoms with Crippen LogP contribution in [0.5, 0.6) is 11.5 Å². The molecule has 1 N–H and O–H groups in total. The maximum absolute atomic E-state index is 12.6. The van der Waals surface area contributed by atoms with Gasteiger partial charge in [-0.25, -0.2) is 4.98 Å². The van der Waals surface area contributed by atoms with Gasteiger partial charge in [-0.1, -0.05) is 35.9 Å². The van der Waals surface area contributed by atoms with E-state index in [0.29, 0.717) is 50.4 Å². The van der Waals surface area contributed by atoms with Gasteiger partial charge < -0.3 is 24.1 Å². The molecule has 37 heavy (non-hydrogen) atoms. The smallest absolute Gasteiger partial charge is 0.221 e. The number of aromatic nitrogens is 2. The predicted octanol–water partition coefficient (Wildman–Crippen LogP) is 4.80. The van der Waals surface area contributed by atoms with E-state index < -0.39 is 0 Å². The number of furan rings is 1. The standard InChI is InChI=1S/C28H32N4O4S/c1-20-6-8-21(9-7-20)18-26-30-28(37-31-26)32(19-23-5-4-16-36-23)15-13-27(33)29-14-12-22-10-11-24(34-2)25(17-22)35-3/h4-11,16-17H,12-15,18-19H2,1-3H3,(H,29,33). The lowest BCUT2D eigenvalue weighted by molar-refractivity contribution is -0.120. The molecule has 0 aliphatic rings. The van der Waals surface area contributed by atoms with Gasteiger partial charge in [-0.2, -0.15) is 4.37 Å². The molecule has 2 aromatic heterocycles. The van der Waals surface area contributed by atoms with E-state index in [1.165, 1.54) is 22.7 Å². The van der Waals surface area contributed by atoms with E-state index in [1.807, 2.05) is 35.2 Å². The van der Waals surface area contributed by atoms with E-state index >= 15 is 0 Å². The quantitative estimate of drug-likeness (QED) is 0.271. The minimum absolute atomic E-state index is 0.0192. The third-order valence-electron chi connectivity index (χ3n) is 5.93. The maximum atomic E-state index is 12.6. The van der Waals surface area contributed by atoms with Crippen molar-refractivity contribution in [1.82, 2.24) is 14.7 Å². The summed E-state index contributed by atoms with van der Waals surface area (Å²) < 4.78 is 20.8. The average Bonchev–Trinajstić information content (AvgIpc) is 3.60. The third-order valence-corrected chi connectivity index (χ3v) is 6.74. The summed E-state index contributed by atoms with van der Waals surface area (Å²) in [5.41, 5.74) is 3.45. The molecule has 4 rings (SSSR count). The van der Waals surface area contributed by atoms with Crippen LogP contribution in [0.4, 0.5) is 5.13 Å². The Balaban J connectivity index is 1.32. The van der Waals surface area contributed by atoms with E-state index in [1.54, 1.807) is 20.5 Å². The fraction of sp³-hybridized carbons (Fsp3) is 0.321. The first kappa shape index (κ1) is 26.2. The fourth-order valence-corrected chi connectivity index (χ4v) is 4.58. The van der Waals surface area contributed by atoms with Crippen molar-refractivity contribution in [2.24, 2.45) is 0 Å². The number of anilines is 1. The molecule has 0 spiro atoms. The molecule has 0 aliphatic carbocycles. The number of methoxy groups -OCH3 is 2. The SMILES string of the molecule is COc1ccc(CCNC(=O)CCN(Cc2ccco2)c2nc(Cc3ccc(C)cc3)ns2)cc1OC. The summed E-state index contributed by atoms with van der Waals surface area (Å²) >= 11 is 1.34. The normalized spacial score (nSPS) is 10.8. The van der Waals surface area contributed by atoms with Crippen molar-refractivity contribution in [2.75, 3.05) is 32.2 Å². The van der Waals surface area contributed by atoms with E-state index in [4.69, 9.17) is 18.9 Å². The van der Waals surface area contributed by atoms with E-state index in [-0.39, 0.29) is 5.91 Å². The van der Waals surface area contributed by atoms with E-state index in [9.17, 15) is 4.79 Å². The largest absolute Gasteiger partial charge is 0.493 e. The topological polar surface area (TPSA) is 89.7 Å². The zero-order valence-corrected chi connectivity index (χ0v) is 22.2. The molecule has 1 amide bonds. The molecule has 9 heteroatoms. The highest BCUT2D eigenvalue weighted by molar-refractivity contribution is 7.09. The third kappa shape index (κ3) is 7.57. The molecule has 0 radical (unpaired) electrons. The van der Waals surface area contributed by atoms with Crippen molar-refractivity contribution < 1.29 is 18.7 Å². The number of carbonyl (C=O) groups excluding carboxylic acids is 1. The highest BCUT2D eigenvalue weighted by Gasteiger charge is 2.16. The summed E-state index contributed by atoms with van der Waals surface area (Å²) in [7, 11) is 3.22. The Hall–Kier alpha value is -3.85. The van der Waals surface area contributed by atoms with Crippen LogP contribution in [0.1, 0.15) is 34.7 Å². The molecule has 0 bridgehead atoms. The van der Waals surface area contributed by atoms with Gasteiger partial charge in [0, 0.05) is 37.5 Å². The van der Waals surface area contributed by atoms with Crippen molar-refractivity contribution in [2.45, 2.75) is 32.7 Å². The molecule has 2 aromatic carbocycles. The first-order valence-corrected chi connectivity index (χ1v) is 12.9. The summed E-state index contributed by atoms with van der Waals surface area (Å²) in [5.74, 6) is 2.93. The molecule has 0 saturated carbocycles. The minimum atomic E-state index is -0.0192. The number of nitrogens with one attached hydrogen (secondary N) is 1. The van der Waals surface area contributed by atoms with Gasteiger partial charge in [0.2, 0.25) is 11.0 Å². The first-order valence-electron chi connectivity index (χ1n) is 12.2. The first-order chi connectivity index (χ1) is 18.0. The van der Waals surface area contributed by atoms with Crippen molar-refractivity contribution >= 4 is 22.6 Å². The number of aryl methyl sites for hydroxylation is 1. The van der Waals surface area contributed by atoms with Gasteiger partial charge in [0.25, 0.3) is 0 Å². The number of rotatable bonds is 13. The summed E-state index contributed by atoms with van der Waals surface area (Å²) in [6, 6.07) is 17.9. The van der Waals surface area contributed by atoms with Crippen LogP contribution in [0.2, 0.25) is 0 Å². The van der Waals surface area contributed by atoms with Crippen LogP contribution < -0.4 is 19.7 Å². The van der Waals surface area contributed by atoms with Crippen molar-refractivity contribution in [3.05, 3.63) is 89.1 Å². The second-order valence-electron chi connectivity index (χ2n) is 8.70. The van der Waals surface area contributed by atoms with Crippen molar-refractivity contribution in [3.63, 3.8) is 0 Å². The van der Waals surface area contributed by atoms with Crippen molar-refractivity contribution in [1.29, 1.82) is 0 Å². The number of benzene rings is 2. The molecule has 4 aromatic rings. The molecule has 0 aliphatic heterocycles. The predicted molar refractivity (Wildman–Crippen MR) is 145 cm³/mol. The molecule has 0 atom stereocenters. The number of hydrogen-bond acceptors (Lipinski definition) is 8. The van der Waals surface area contributed by atoms with Crippen LogP contribution in [-0.4, -0.2) is 42.6 Å². The highest BCUT2D eigenvalue weighted by atomic mass is 32.1. The summed E-state index contributed by atoms with van der Waals surface area (Å²) in [4.78, 5) is 19.4. The maximum Gasteiger partial charge on any atom is 0.221 e. The average molecular weight is 521 g/mol. The lowest BCUT2D eigenvalue weighted by Gasteiger charge is -2.20. The number of ether oxygens (including phenoxy) is 2. The molecular weight excluding hydrogens is 488 g/mol. The van der Waals surface area contributed by atoms with Gasteiger partial charge in [0.1, 0.15) is 11.6 Å². The Kier molecular flexibility index (Phi) is 9.15. The van der Waals surface area contributed by atoms with Gasteiger partial charge >= 0.3 is 0 Å². The highest BCUT2D eigenvalue weighted by Crippen LogP contribution is 2.27. The molecule has 0 saturated heterocycles. The van der Waals surface area contributed by atoms with Crippen molar-refractivity contribution in [3.8, 4) is 11.5 Å². The van der Waals surface area contributed by atoms with Crippen LogP contribution in [-0.2, 0) is 24.2 Å². The van der Waals surface area contributed by atoms with Gasteiger partial charge in [0.15, 0.2) is 11.5 Å². The Labute approximate surface area is 221 Å². The zero-order chi connectivity index (χ0) is 26.0. The van der Waals surface area contributed by atoms with Crippen LogP contribution in [0.25, 0.3) is 0 Å². The molecular formula is C28H32N4O4S. The van der Waals surface area contributed by atoms with Crippen LogP contribution in [0, 0.1) is 6.92 Å². The van der Waals surface area contributed by atoms with Crippen LogP contribution in [0.3, 0.4) is 0 Å². The molecule has 194 valence electrons. The summed E-state index contributed by atoms with van der Waals surface area (Å²) in [6.07, 6.45) is 3.35. The lowest BCUT2D eigenvalue weighted by Crippen LogP contribution is -2.31. The number of hydrogen-bond donors (Lipinski definition) is 1. The van der Waals surface area contributed by atoms with E-state index in [2.05, 4.69) is 40.9 Å².